The molecule has 0 saturated carbocycles. The molecule has 0 radical (unpaired) electrons. The normalized spacial score (nSPS) is 24.6. The lowest BCUT2D eigenvalue weighted by molar-refractivity contribution is 0.0590. The van der Waals surface area contributed by atoms with E-state index < -0.39 is 16.0 Å². The van der Waals surface area contributed by atoms with E-state index in [0.29, 0.717) is 13.1 Å². The predicted molar refractivity (Wildman–Crippen MR) is 74.3 cm³/mol. The van der Waals surface area contributed by atoms with Crippen molar-refractivity contribution >= 4 is 27.3 Å². The van der Waals surface area contributed by atoms with Gasteiger partial charge < -0.3 is 10.1 Å². The summed E-state index contributed by atoms with van der Waals surface area (Å²) in [5, 5.41) is 3.27. The SMILES string of the molecule is COC(=O)c1ncsc1S(=O)(=O)N1CC(C)NC(C)C1. The molecule has 20 heavy (non-hydrogen) atoms. The maximum absolute atomic E-state index is 12.6. The number of nitrogens with one attached hydrogen (secondary N) is 1. The number of sulfonamides is 1. The van der Waals surface area contributed by atoms with E-state index in [0.717, 1.165) is 11.3 Å². The quantitative estimate of drug-likeness (QED) is 0.806. The average Bonchev–Trinajstić information content (AvgIpc) is 2.86. The molecule has 1 aliphatic heterocycles. The Morgan fingerprint density at radius 1 is 1.45 bits per heavy atom. The van der Waals surface area contributed by atoms with E-state index in [1.54, 1.807) is 0 Å². The molecule has 1 N–H and O–H groups in total. The lowest BCUT2D eigenvalue weighted by Crippen LogP contribution is -2.55. The van der Waals surface area contributed by atoms with Gasteiger partial charge in [0.2, 0.25) is 0 Å². The second-order valence-corrected chi connectivity index (χ2v) is 7.76. The highest BCUT2D eigenvalue weighted by atomic mass is 32.2. The van der Waals surface area contributed by atoms with Crippen LogP contribution in [0.15, 0.2) is 9.72 Å². The fraction of sp³-hybridized carbons (Fsp3) is 0.636. The molecule has 112 valence electrons. The number of aromatic nitrogens is 1. The van der Waals surface area contributed by atoms with Gasteiger partial charge in [0, 0.05) is 25.2 Å². The summed E-state index contributed by atoms with van der Waals surface area (Å²) >= 11 is 0.934. The van der Waals surface area contributed by atoms with E-state index in [1.807, 2.05) is 13.8 Å². The zero-order valence-corrected chi connectivity index (χ0v) is 13.1. The molecule has 0 aliphatic carbocycles. The third-order valence-electron chi connectivity index (χ3n) is 3.01. The van der Waals surface area contributed by atoms with Crippen molar-refractivity contribution in [3.8, 4) is 0 Å². The van der Waals surface area contributed by atoms with Crippen LogP contribution in [0.3, 0.4) is 0 Å². The molecule has 2 rings (SSSR count). The third kappa shape index (κ3) is 2.85. The average molecular weight is 319 g/mol. The molecule has 2 unspecified atom stereocenters. The predicted octanol–water partition coefficient (Wildman–Crippen LogP) is 0.301. The summed E-state index contributed by atoms with van der Waals surface area (Å²) in [6.45, 7) is 4.58. The van der Waals surface area contributed by atoms with Crippen LogP contribution in [0.25, 0.3) is 0 Å². The number of carbonyl (C=O) groups excluding carboxylic acids is 1. The Hall–Kier alpha value is -1.03. The topological polar surface area (TPSA) is 88.6 Å². The molecule has 1 aromatic heterocycles. The molecule has 1 saturated heterocycles. The maximum Gasteiger partial charge on any atom is 0.358 e. The van der Waals surface area contributed by atoms with Gasteiger partial charge in [0.25, 0.3) is 10.0 Å². The molecule has 7 nitrogen and oxygen atoms in total. The van der Waals surface area contributed by atoms with Gasteiger partial charge in [0.15, 0.2) is 9.90 Å². The summed E-state index contributed by atoms with van der Waals surface area (Å²) in [4.78, 5) is 15.4. The standard InChI is InChI=1S/C11H17N3O4S2/c1-7-4-14(5-8(2)13-7)20(16,17)11-9(10(15)18-3)12-6-19-11/h6-8,13H,4-5H2,1-3H3. The Kier molecular flexibility index (Phi) is 4.43. The number of rotatable bonds is 3. The summed E-state index contributed by atoms with van der Waals surface area (Å²) in [5.41, 5.74) is 1.20. The number of hydrogen-bond acceptors (Lipinski definition) is 7. The molecule has 2 atom stereocenters. The highest BCUT2D eigenvalue weighted by Crippen LogP contribution is 2.26. The zero-order valence-electron chi connectivity index (χ0n) is 11.5. The van der Waals surface area contributed by atoms with Gasteiger partial charge in [-0.15, -0.1) is 11.3 Å². The van der Waals surface area contributed by atoms with Crippen molar-refractivity contribution < 1.29 is 17.9 Å². The van der Waals surface area contributed by atoms with Crippen LogP contribution in [0.2, 0.25) is 0 Å². The Balaban J connectivity index is 2.36. The molecule has 1 fully saturated rings. The van der Waals surface area contributed by atoms with E-state index in [2.05, 4.69) is 15.0 Å². The van der Waals surface area contributed by atoms with Crippen LogP contribution in [0.5, 0.6) is 0 Å². The van der Waals surface area contributed by atoms with Gasteiger partial charge in [-0.05, 0) is 13.8 Å². The van der Waals surface area contributed by atoms with Gasteiger partial charge in [-0.1, -0.05) is 0 Å². The minimum Gasteiger partial charge on any atom is -0.464 e. The van der Waals surface area contributed by atoms with Crippen LogP contribution < -0.4 is 5.32 Å². The molecule has 2 heterocycles. The number of esters is 1. The molecule has 9 heteroatoms. The smallest absolute Gasteiger partial charge is 0.358 e. The molecule has 1 aliphatic rings. The Morgan fingerprint density at radius 3 is 2.60 bits per heavy atom. The number of thiazole rings is 1. The summed E-state index contributed by atoms with van der Waals surface area (Å²) in [5.74, 6) is -0.735. The minimum absolute atomic E-state index is 0.0503. The molecular weight excluding hydrogens is 302 g/mol. The molecular formula is C11H17N3O4S2. The van der Waals surface area contributed by atoms with E-state index >= 15 is 0 Å². The Bertz CT molecular complexity index is 589. The van der Waals surface area contributed by atoms with E-state index in [4.69, 9.17) is 0 Å². The number of methoxy groups -OCH3 is 1. The fourth-order valence-corrected chi connectivity index (χ4v) is 5.13. The van der Waals surface area contributed by atoms with Crippen LogP contribution >= 0.6 is 11.3 Å². The van der Waals surface area contributed by atoms with Gasteiger partial charge in [-0.2, -0.15) is 4.31 Å². The Labute approximate surface area is 122 Å². The van der Waals surface area contributed by atoms with Gasteiger partial charge in [0.05, 0.1) is 12.6 Å². The minimum atomic E-state index is -3.72. The first-order chi connectivity index (χ1) is 9.36. The van der Waals surface area contributed by atoms with Crippen molar-refractivity contribution in [2.24, 2.45) is 0 Å². The van der Waals surface area contributed by atoms with E-state index in [9.17, 15) is 13.2 Å². The maximum atomic E-state index is 12.6. The summed E-state index contributed by atoms with van der Waals surface area (Å²) in [7, 11) is -2.52. The van der Waals surface area contributed by atoms with Crippen molar-refractivity contribution in [2.45, 2.75) is 30.1 Å². The monoisotopic (exact) mass is 319 g/mol. The van der Waals surface area contributed by atoms with Gasteiger partial charge >= 0.3 is 5.97 Å². The van der Waals surface area contributed by atoms with Crippen molar-refractivity contribution in [3.63, 3.8) is 0 Å². The largest absolute Gasteiger partial charge is 0.464 e. The molecule has 0 aromatic carbocycles. The van der Waals surface area contributed by atoms with Crippen LogP contribution in [0.1, 0.15) is 24.3 Å². The summed E-state index contributed by atoms with van der Waals surface area (Å²) < 4.78 is 31.2. The van der Waals surface area contributed by atoms with Crippen LogP contribution in [-0.4, -0.2) is 56.0 Å². The number of piperazine rings is 1. The summed E-state index contributed by atoms with van der Waals surface area (Å²) in [6.07, 6.45) is 0. The van der Waals surface area contributed by atoms with E-state index in [-0.39, 0.29) is 22.0 Å². The highest BCUT2D eigenvalue weighted by Gasteiger charge is 2.35. The Morgan fingerprint density at radius 2 is 2.05 bits per heavy atom. The highest BCUT2D eigenvalue weighted by molar-refractivity contribution is 7.91. The molecule has 0 spiro atoms. The molecule has 0 bridgehead atoms. The summed E-state index contributed by atoms with van der Waals surface area (Å²) in [6, 6.07) is 0.117. The van der Waals surface area contributed by atoms with Crippen molar-refractivity contribution in [3.05, 3.63) is 11.2 Å². The fourth-order valence-electron chi connectivity index (χ4n) is 2.24. The van der Waals surface area contributed by atoms with Crippen LogP contribution in [0, 0.1) is 0 Å². The number of ether oxygens (including phenoxy) is 1. The van der Waals surface area contributed by atoms with Crippen molar-refractivity contribution in [1.82, 2.24) is 14.6 Å². The number of nitrogens with zero attached hydrogens (tertiary/aromatic N) is 2. The van der Waals surface area contributed by atoms with Gasteiger partial charge in [0.1, 0.15) is 0 Å². The van der Waals surface area contributed by atoms with E-state index in [1.165, 1.54) is 16.9 Å². The molecule has 0 amide bonds. The lowest BCUT2D eigenvalue weighted by atomic mass is 10.2. The van der Waals surface area contributed by atoms with Gasteiger partial charge in [-0.3, -0.25) is 0 Å². The first kappa shape index (κ1) is 15.4. The first-order valence-electron chi connectivity index (χ1n) is 6.14. The van der Waals surface area contributed by atoms with Gasteiger partial charge in [-0.25, -0.2) is 18.2 Å². The molecule has 1 aromatic rings. The number of hydrogen-bond donors (Lipinski definition) is 1. The van der Waals surface area contributed by atoms with Crippen molar-refractivity contribution in [1.29, 1.82) is 0 Å². The van der Waals surface area contributed by atoms with Crippen molar-refractivity contribution in [2.75, 3.05) is 20.2 Å². The second kappa shape index (κ2) is 5.76. The van der Waals surface area contributed by atoms with Crippen LogP contribution in [0.4, 0.5) is 0 Å². The third-order valence-corrected chi connectivity index (χ3v) is 6.19. The lowest BCUT2D eigenvalue weighted by Gasteiger charge is -2.34. The van der Waals surface area contributed by atoms with Crippen LogP contribution in [-0.2, 0) is 14.8 Å². The second-order valence-electron chi connectivity index (χ2n) is 4.77. The first-order valence-corrected chi connectivity index (χ1v) is 8.46. The number of carbonyl (C=O) groups is 1. The zero-order chi connectivity index (χ0) is 14.9.